The van der Waals surface area contributed by atoms with Gasteiger partial charge < -0.3 is 5.32 Å². The van der Waals surface area contributed by atoms with Gasteiger partial charge in [-0.2, -0.15) is 12.2 Å². The van der Waals surface area contributed by atoms with Crippen LogP contribution in [0.5, 0.6) is 0 Å². The molecule has 0 aromatic heterocycles. The van der Waals surface area contributed by atoms with E-state index in [1.54, 1.807) is 0 Å². The van der Waals surface area contributed by atoms with Crippen LogP contribution in [0.3, 0.4) is 0 Å². The van der Waals surface area contributed by atoms with Crippen molar-refractivity contribution in [2.24, 2.45) is 0 Å². The van der Waals surface area contributed by atoms with E-state index in [2.05, 4.69) is 11.5 Å². The molecule has 0 aliphatic carbocycles. The molecule has 1 radical (unpaired) electrons. The summed E-state index contributed by atoms with van der Waals surface area (Å²) in [6.45, 7) is 0. The van der Waals surface area contributed by atoms with Crippen LogP contribution in [0.1, 0.15) is 0 Å². The Morgan fingerprint density at radius 3 is 2.88 bits per heavy atom. The fraction of sp³-hybridized carbons (Fsp3) is 0. The standard InChI is InChI=1S/C6H6N.Tc/c1-2-4-6-7-5-3-1;/h1-5,7H;/q-1;. The van der Waals surface area contributed by atoms with E-state index in [4.69, 9.17) is 0 Å². The second-order valence-electron chi connectivity index (χ2n) is 1.20. The molecular weight excluding hydrogens is 184 g/mol. The summed E-state index contributed by atoms with van der Waals surface area (Å²) >= 11 is 0. The second-order valence-corrected chi connectivity index (χ2v) is 1.20. The third kappa shape index (κ3) is 2.78. The molecule has 0 atom stereocenters. The molecule has 2 heteroatoms. The number of hydrogen-bond donors (Lipinski definition) is 1. The Morgan fingerprint density at radius 2 is 2.00 bits per heavy atom. The maximum Gasteiger partial charge on any atom is 0 e. The minimum Gasteiger partial charge on any atom is -0.474 e. The van der Waals surface area contributed by atoms with E-state index in [0.717, 1.165) is 0 Å². The van der Waals surface area contributed by atoms with Gasteiger partial charge in [-0.3, -0.25) is 0 Å². The monoisotopic (exact) mass is 189 g/mol. The van der Waals surface area contributed by atoms with E-state index in [-0.39, 0.29) is 20.1 Å². The Kier molecular flexibility index (Phi) is 4.62. The zero-order chi connectivity index (χ0) is 4.95. The minimum atomic E-state index is 0. The fourth-order valence-electron chi connectivity index (χ4n) is 0.368. The van der Waals surface area contributed by atoms with Crippen molar-refractivity contribution in [2.45, 2.75) is 0 Å². The van der Waals surface area contributed by atoms with Crippen molar-refractivity contribution in [3.05, 3.63) is 36.7 Å². The first-order valence-corrected chi connectivity index (χ1v) is 2.16. The van der Waals surface area contributed by atoms with Gasteiger partial charge in [-0.05, 0) is 0 Å². The first-order chi connectivity index (χ1) is 3.50. The van der Waals surface area contributed by atoms with Crippen molar-refractivity contribution in [2.75, 3.05) is 0 Å². The Labute approximate surface area is 62.5 Å². The molecule has 0 saturated carbocycles. The van der Waals surface area contributed by atoms with Crippen LogP contribution in [0.25, 0.3) is 0 Å². The molecule has 1 nitrogen and oxygen atoms in total. The van der Waals surface area contributed by atoms with Gasteiger partial charge in [0.25, 0.3) is 0 Å². The normalized spacial score (nSPS) is 14.0. The van der Waals surface area contributed by atoms with Crippen molar-refractivity contribution < 1.29 is 20.1 Å². The van der Waals surface area contributed by atoms with Crippen molar-refractivity contribution in [3.63, 3.8) is 0 Å². The first kappa shape index (κ1) is 7.67. The van der Waals surface area contributed by atoms with Gasteiger partial charge in [0.05, 0.1) is 0 Å². The summed E-state index contributed by atoms with van der Waals surface area (Å²) in [6, 6.07) is 0. The van der Waals surface area contributed by atoms with Gasteiger partial charge in [0, 0.05) is 20.1 Å². The third-order valence-electron chi connectivity index (χ3n) is 0.665. The minimum absolute atomic E-state index is 0. The van der Waals surface area contributed by atoms with Crippen molar-refractivity contribution in [1.82, 2.24) is 5.32 Å². The number of rotatable bonds is 0. The molecule has 0 unspecified atom stereocenters. The van der Waals surface area contributed by atoms with E-state index in [1.165, 1.54) is 0 Å². The van der Waals surface area contributed by atoms with E-state index >= 15 is 0 Å². The third-order valence-corrected chi connectivity index (χ3v) is 0.665. The molecule has 1 heterocycles. The van der Waals surface area contributed by atoms with Crippen molar-refractivity contribution in [1.29, 1.82) is 0 Å². The van der Waals surface area contributed by atoms with Crippen LogP contribution >= 0.6 is 0 Å². The average Bonchev–Trinajstić information content (AvgIpc) is 1.90. The van der Waals surface area contributed by atoms with Crippen LogP contribution < -0.4 is 5.32 Å². The van der Waals surface area contributed by atoms with Gasteiger partial charge in [-0.15, -0.1) is 18.4 Å². The average molecular weight is 190 g/mol. The van der Waals surface area contributed by atoms with Gasteiger partial charge in [-0.25, -0.2) is 0 Å². The molecule has 1 rings (SSSR count). The topological polar surface area (TPSA) is 12.0 Å². The molecule has 43 valence electrons. The summed E-state index contributed by atoms with van der Waals surface area (Å²) < 4.78 is 0. The zero-order valence-electron chi connectivity index (χ0n) is 4.26. The summed E-state index contributed by atoms with van der Waals surface area (Å²) in [6.07, 6.45) is 12.2. The summed E-state index contributed by atoms with van der Waals surface area (Å²) in [5.41, 5.74) is 0. The summed E-state index contributed by atoms with van der Waals surface area (Å²) in [7, 11) is 0. The van der Waals surface area contributed by atoms with Crippen LogP contribution in [0.2, 0.25) is 0 Å². The van der Waals surface area contributed by atoms with E-state index in [0.29, 0.717) is 0 Å². The Bertz CT molecular complexity index is 110. The molecule has 0 aromatic rings. The van der Waals surface area contributed by atoms with Crippen LogP contribution in [0.4, 0.5) is 0 Å². The predicted octanol–water partition coefficient (Wildman–Crippen LogP) is 0.974. The molecule has 0 amide bonds. The van der Waals surface area contributed by atoms with E-state index in [1.807, 2.05) is 30.5 Å². The maximum absolute atomic E-state index is 2.80. The molecule has 0 spiro atoms. The molecule has 0 bridgehead atoms. The van der Waals surface area contributed by atoms with Crippen LogP contribution in [-0.2, 0) is 20.1 Å². The molecule has 1 aliphatic rings. The van der Waals surface area contributed by atoms with Crippen LogP contribution in [-0.4, -0.2) is 0 Å². The van der Waals surface area contributed by atoms with Crippen LogP contribution in [0, 0.1) is 6.20 Å². The molecule has 0 saturated heterocycles. The number of allylic oxidation sites excluding steroid dienone is 4. The Hall–Kier alpha value is -0.331. The van der Waals surface area contributed by atoms with Crippen molar-refractivity contribution in [3.8, 4) is 0 Å². The largest absolute Gasteiger partial charge is 0.474 e. The van der Waals surface area contributed by atoms with Crippen molar-refractivity contribution >= 4 is 0 Å². The smallest absolute Gasteiger partial charge is 0 e. The zero-order valence-corrected chi connectivity index (χ0v) is 6.12. The quantitative estimate of drug-likeness (QED) is 0.561. The van der Waals surface area contributed by atoms with Gasteiger partial charge in [-0.1, -0.05) is 6.20 Å². The summed E-state index contributed by atoms with van der Waals surface area (Å²) in [4.78, 5) is 0. The molecule has 1 aliphatic heterocycles. The van der Waals surface area contributed by atoms with Gasteiger partial charge in [0.2, 0.25) is 0 Å². The second kappa shape index (κ2) is 4.82. The first-order valence-electron chi connectivity index (χ1n) is 2.16. The van der Waals surface area contributed by atoms with Gasteiger partial charge in [0.15, 0.2) is 0 Å². The molecular formula is C6H6NTc-. The van der Waals surface area contributed by atoms with Gasteiger partial charge >= 0.3 is 0 Å². The van der Waals surface area contributed by atoms with E-state index in [9.17, 15) is 0 Å². The summed E-state index contributed by atoms with van der Waals surface area (Å²) in [5, 5.41) is 2.80. The maximum atomic E-state index is 2.80. The Morgan fingerprint density at radius 1 is 1.12 bits per heavy atom. The van der Waals surface area contributed by atoms with Gasteiger partial charge in [0.1, 0.15) is 0 Å². The molecule has 1 N–H and O–H groups in total. The molecule has 0 aromatic carbocycles. The SMILES string of the molecule is [C-]1=CC=CC=CN1.[Tc]. The van der Waals surface area contributed by atoms with E-state index < -0.39 is 0 Å². The summed E-state index contributed by atoms with van der Waals surface area (Å²) in [5.74, 6) is 0. The number of hydrogen-bond acceptors (Lipinski definition) is 1. The fourth-order valence-corrected chi connectivity index (χ4v) is 0.368. The molecule has 8 heavy (non-hydrogen) atoms. The molecule has 0 fully saturated rings. The Balaban J connectivity index is 0.000000490. The predicted molar refractivity (Wildman–Crippen MR) is 29.2 cm³/mol. The van der Waals surface area contributed by atoms with Crippen LogP contribution in [0.15, 0.2) is 30.5 Å². The number of nitrogens with one attached hydrogen (secondary N) is 1.